The average Bonchev–Trinajstić information content (AvgIpc) is 2.75. The Morgan fingerprint density at radius 1 is 1.33 bits per heavy atom. The van der Waals surface area contributed by atoms with Crippen molar-refractivity contribution in [2.45, 2.75) is 45.1 Å². The highest BCUT2D eigenvalue weighted by Crippen LogP contribution is 2.35. The lowest BCUT2D eigenvalue weighted by atomic mass is 9.84. The summed E-state index contributed by atoms with van der Waals surface area (Å²) in [6.45, 7) is 2.84. The normalized spacial score (nSPS) is 24.1. The van der Waals surface area contributed by atoms with Gasteiger partial charge in [-0.1, -0.05) is 6.42 Å². The Balaban J connectivity index is 1.80. The monoisotopic (exact) mass is 245 g/mol. The Morgan fingerprint density at radius 3 is 2.83 bits per heavy atom. The van der Waals surface area contributed by atoms with Gasteiger partial charge >= 0.3 is 0 Å². The van der Waals surface area contributed by atoms with Crippen molar-refractivity contribution in [2.24, 2.45) is 5.92 Å². The molecule has 96 valence electrons. The molecular formula is C14H19N3O. The van der Waals surface area contributed by atoms with Crippen LogP contribution in [0.4, 0.5) is 0 Å². The highest BCUT2D eigenvalue weighted by Gasteiger charge is 2.37. The number of rotatable bonds is 2. The number of amides is 1. The van der Waals surface area contributed by atoms with Crippen LogP contribution in [0.25, 0.3) is 0 Å². The highest BCUT2D eigenvalue weighted by molar-refractivity contribution is 5.80. The molecule has 0 radical (unpaired) electrons. The topological polar surface area (TPSA) is 46.1 Å². The molecule has 1 saturated carbocycles. The quantitative estimate of drug-likeness (QED) is 0.802. The second-order valence-electron chi connectivity index (χ2n) is 5.37. The molecule has 2 heterocycles. The van der Waals surface area contributed by atoms with E-state index < -0.39 is 0 Å². The third kappa shape index (κ3) is 2.00. The van der Waals surface area contributed by atoms with Gasteiger partial charge in [-0.25, -0.2) is 9.97 Å². The first-order valence-electron chi connectivity index (χ1n) is 6.86. The molecule has 1 saturated heterocycles. The van der Waals surface area contributed by atoms with Crippen molar-refractivity contribution in [3.05, 3.63) is 23.8 Å². The van der Waals surface area contributed by atoms with Crippen LogP contribution in [0.2, 0.25) is 0 Å². The van der Waals surface area contributed by atoms with Gasteiger partial charge in [0.05, 0.1) is 6.04 Å². The van der Waals surface area contributed by atoms with Gasteiger partial charge in [-0.3, -0.25) is 4.79 Å². The zero-order chi connectivity index (χ0) is 12.5. The van der Waals surface area contributed by atoms with E-state index in [0.717, 1.165) is 43.7 Å². The van der Waals surface area contributed by atoms with Crippen molar-refractivity contribution in [3.8, 4) is 0 Å². The number of carbonyl (C=O) groups excluding carboxylic acids is 1. The van der Waals surface area contributed by atoms with E-state index in [9.17, 15) is 4.79 Å². The second-order valence-corrected chi connectivity index (χ2v) is 5.37. The summed E-state index contributed by atoms with van der Waals surface area (Å²) in [5.41, 5.74) is 0.975. The molecule has 1 aliphatic heterocycles. The van der Waals surface area contributed by atoms with E-state index in [-0.39, 0.29) is 12.0 Å². The first-order valence-corrected chi connectivity index (χ1v) is 6.86. The molecule has 2 fully saturated rings. The number of aromatic nitrogens is 2. The number of hydrogen-bond donors (Lipinski definition) is 0. The van der Waals surface area contributed by atoms with Crippen molar-refractivity contribution >= 4 is 5.91 Å². The zero-order valence-corrected chi connectivity index (χ0v) is 10.8. The Bertz CT molecular complexity index is 456. The lowest BCUT2D eigenvalue weighted by Crippen LogP contribution is -2.38. The first kappa shape index (κ1) is 11.6. The zero-order valence-electron chi connectivity index (χ0n) is 10.8. The second kappa shape index (κ2) is 4.67. The number of hydrogen-bond acceptors (Lipinski definition) is 3. The van der Waals surface area contributed by atoms with Gasteiger partial charge in [0.2, 0.25) is 5.91 Å². The molecular weight excluding hydrogens is 226 g/mol. The largest absolute Gasteiger partial charge is 0.332 e. The number of nitrogens with zero attached hydrogens (tertiary/aromatic N) is 3. The molecule has 0 spiro atoms. The van der Waals surface area contributed by atoms with Gasteiger partial charge in [0.1, 0.15) is 0 Å². The minimum atomic E-state index is 0.109. The molecule has 4 heteroatoms. The molecule has 0 bridgehead atoms. The Hall–Kier alpha value is -1.45. The van der Waals surface area contributed by atoms with Crippen molar-refractivity contribution in [1.29, 1.82) is 0 Å². The molecule has 1 atom stereocenters. The van der Waals surface area contributed by atoms with Crippen molar-refractivity contribution < 1.29 is 4.79 Å². The third-order valence-corrected chi connectivity index (χ3v) is 4.10. The molecule has 3 rings (SSSR count). The molecule has 1 aromatic heterocycles. The maximum absolute atomic E-state index is 12.4. The Morgan fingerprint density at radius 2 is 2.17 bits per heavy atom. The molecule has 2 aliphatic rings. The van der Waals surface area contributed by atoms with Crippen molar-refractivity contribution in [1.82, 2.24) is 14.9 Å². The number of carbonyl (C=O) groups is 1. The van der Waals surface area contributed by atoms with E-state index in [1.807, 2.05) is 17.9 Å². The Labute approximate surface area is 107 Å². The van der Waals surface area contributed by atoms with Crippen molar-refractivity contribution in [2.75, 3.05) is 6.54 Å². The van der Waals surface area contributed by atoms with Crippen LogP contribution < -0.4 is 0 Å². The molecule has 0 aromatic carbocycles. The summed E-state index contributed by atoms with van der Waals surface area (Å²) in [6.07, 6.45) is 7.20. The summed E-state index contributed by atoms with van der Waals surface area (Å²) in [5, 5.41) is 0. The molecule has 18 heavy (non-hydrogen) atoms. The predicted molar refractivity (Wildman–Crippen MR) is 67.8 cm³/mol. The molecule has 1 amide bonds. The third-order valence-electron chi connectivity index (χ3n) is 4.10. The van der Waals surface area contributed by atoms with Gasteiger partial charge in [0, 0.05) is 24.4 Å². The van der Waals surface area contributed by atoms with Crippen molar-refractivity contribution in [3.63, 3.8) is 0 Å². The van der Waals surface area contributed by atoms with Crippen LogP contribution in [0.1, 0.15) is 49.7 Å². The van der Waals surface area contributed by atoms with Gasteiger partial charge in [0.15, 0.2) is 5.82 Å². The highest BCUT2D eigenvalue weighted by atomic mass is 16.2. The van der Waals surface area contributed by atoms with Crippen LogP contribution in [0.15, 0.2) is 12.3 Å². The van der Waals surface area contributed by atoms with E-state index in [0.29, 0.717) is 5.91 Å². The summed E-state index contributed by atoms with van der Waals surface area (Å²) < 4.78 is 0. The maximum Gasteiger partial charge on any atom is 0.226 e. The number of likely N-dealkylation sites (tertiary alicyclic amines) is 1. The molecule has 1 unspecified atom stereocenters. The van der Waals surface area contributed by atoms with E-state index in [1.165, 1.54) is 6.42 Å². The first-order chi connectivity index (χ1) is 8.75. The van der Waals surface area contributed by atoms with E-state index in [2.05, 4.69) is 9.97 Å². The van der Waals surface area contributed by atoms with Gasteiger partial charge in [-0.15, -0.1) is 0 Å². The maximum atomic E-state index is 12.4. The van der Waals surface area contributed by atoms with E-state index in [1.54, 1.807) is 6.20 Å². The van der Waals surface area contributed by atoms with Crippen LogP contribution >= 0.6 is 0 Å². The Kier molecular flexibility index (Phi) is 3.02. The minimum Gasteiger partial charge on any atom is -0.332 e. The predicted octanol–water partition coefficient (Wildman–Crippen LogP) is 2.25. The van der Waals surface area contributed by atoms with Crippen LogP contribution in [-0.4, -0.2) is 27.3 Å². The molecule has 1 aromatic rings. The fourth-order valence-electron chi connectivity index (χ4n) is 2.82. The fourth-order valence-corrected chi connectivity index (χ4v) is 2.82. The SMILES string of the molecule is Cc1ccnc(C2CCCN2C(=O)C2CCC2)n1. The summed E-state index contributed by atoms with van der Waals surface area (Å²) >= 11 is 0. The minimum absolute atomic E-state index is 0.109. The van der Waals surface area contributed by atoms with Crippen LogP contribution in [0, 0.1) is 12.8 Å². The van der Waals surface area contributed by atoms with E-state index >= 15 is 0 Å². The van der Waals surface area contributed by atoms with Gasteiger partial charge < -0.3 is 4.90 Å². The molecule has 1 aliphatic carbocycles. The molecule has 4 nitrogen and oxygen atoms in total. The summed E-state index contributed by atoms with van der Waals surface area (Å²) in [5.74, 6) is 1.42. The lowest BCUT2D eigenvalue weighted by molar-refractivity contribution is -0.139. The summed E-state index contributed by atoms with van der Waals surface area (Å²) in [4.78, 5) is 23.2. The standard InChI is InChI=1S/C14H19N3O/c1-10-7-8-15-13(16-10)12-6-3-9-17(12)14(18)11-4-2-5-11/h7-8,11-12H,2-6,9H2,1H3. The van der Waals surface area contributed by atoms with Crippen LogP contribution in [0.3, 0.4) is 0 Å². The van der Waals surface area contributed by atoms with Gasteiger partial charge in [-0.2, -0.15) is 0 Å². The average molecular weight is 245 g/mol. The van der Waals surface area contributed by atoms with Crippen LogP contribution in [-0.2, 0) is 4.79 Å². The lowest BCUT2D eigenvalue weighted by Gasteiger charge is -2.32. The summed E-state index contributed by atoms with van der Waals surface area (Å²) in [6, 6.07) is 2.01. The number of aryl methyl sites for hydroxylation is 1. The van der Waals surface area contributed by atoms with Gasteiger partial charge in [-0.05, 0) is 38.7 Å². The summed E-state index contributed by atoms with van der Waals surface area (Å²) in [7, 11) is 0. The molecule has 0 N–H and O–H groups in total. The van der Waals surface area contributed by atoms with Crippen LogP contribution in [0.5, 0.6) is 0 Å². The fraction of sp³-hybridized carbons (Fsp3) is 0.643. The van der Waals surface area contributed by atoms with E-state index in [4.69, 9.17) is 0 Å². The smallest absolute Gasteiger partial charge is 0.226 e. The van der Waals surface area contributed by atoms with Gasteiger partial charge in [0.25, 0.3) is 0 Å².